The molecule has 1 aromatic rings. The Labute approximate surface area is 132 Å². The van der Waals surface area contributed by atoms with Gasteiger partial charge in [-0.3, -0.25) is 0 Å². The second-order valence-corrected chi connectivity index (χ2v) is 6.08. The zero-order valence-corrected chi connectivity index (χ0v) is 13.6. The van der Waals surface area contributed by atoms with E-state index in [4.69, 9.17) is 22.7 Å². The van der Waals surface area contributed by atoms with E-state index in [1.807, 2.05) is 6.26 Å². The summed E-state index contributed by atoms with van der Waals surface area (Å²) in [5, 5.41) is 3.05. The van der Waals surface area contributed by atoms with E-state index in [0.717, 1.165) is 0 Å². The molecule has 0 bridgehead atoms. The molecule has 1 aliphatic rings. The maximum absolute atomic E-state index is 12.4. The number of aromatic nitrogens is 2. The number of hydrogen-bond donors (Lipinski definition) is 2. The molecule has 1 atom stereocenters. The number of fused-ring (bicyclic) bond motifs is 1. The number of ether oxygens (including phenoxy) is 1. The molecule has 3 N–H and O–H groups in total. The number of thiocarbonyl (C=S) groups is 1. The Kier molecular flexibility index (Phi) is 4.84. The number of amides is 1. The smallest absolute Gasteiger partial charge is 0.416 e. The number of nitrogen functional groups attached to an aromatic ring is 1. The van der Waals surface area contributed by atoms with Crippen molar-refractivity contribution in [3.05, 3.63) is 6.20 Å². The highest BCUT2D eigenvalue weighted by Crippen LogP contribution is 2.32. The van der Waals surface area contributed by atoms with E-state index < -0.39 is 6.09 Å². The highest BCUT2D eigenvalue weighted by atomic mass is 32.2. The van der Waals surface area contributed by atoms with E-state index in [-0.39, 0.29) is 18.1 Å². The molecule has 0 spiro atoms. The topological polar surface area (TPSA) is 93.4 Å². The normalized spacial score (nSPS) is 17.4. The summed E-state index contributed by atoms with van der Waals surface area (Å²) in [5.41, 5.74) is 6.18. The van der Waals surface area contributed by atoms with Crippen molar-refractivity contribution in [2.45, 2.75) is 26.0 Å². The van der Waals surface area contributed by atoms with Gasteiger partial charge < -0.3 is 15.8 Å². The highest BCUT2D eigenvalue weighted by Gasteiger charge is 2.37. The summed E-state index contributed by atoms with van der Waals surface area (Å²) in [6, 6.07) is -0.331. The van der Waals surface area contributed by atoms with Crippen LogP contribution in [0.1, 0.15) is 13.8 Å². The van der Waals surface area contributed by atoms with Gasteiger partial charge in [0, 0.05) is 5.75 Å². The molecule has 0 aliphatic carbocycles. The Morgan fingerprint density at radius 1 is 1.67 bits per heavy atom. The number of anilines is 3. The first-order valence-electron chi connectivity index (χ1n) is 6.36. The molecule has 21 heavy (non-hydrogen) atoms. The van der Waals surface area contributed by atoms with Crippen molar-refractivity contribution >= 4 is 52.5 Å². The highest BCUT2D eigenvalue weighted by molar-refractivity contribution is 7.98. The molecule has 0 radical (unpaired) electrons. The van der Waals surface area contributed by atoms with E-state index in [1.165, 1.54) is 11.1 Å². The minimum Gasteiger partial charge on any atom is -0.446 e. The van der Waals surface area contributed by atoms with Gasteiger partial charge in [-0.1, -0.05) is 12.2 Å². The van der Waals surface area contributed by atoms with E-state index in [2.05, 4.69) is 15.3 Å². The van der Waals surface area contributed by atoms with Gasteiger partial charge in [-0.2, -0.15) is 16.7 Å². The second kappa shape index (κ2) is 6.44. The zero-order chi connectivity index (χ0) is 15.6. The fourth-order valence-corrected chi connectivity index (χ4v) is 2.95. The fourth-order valence-electron chi connectivity index (χ4n) is 1.92. The molecular weight excluding hydrogens is 310 g/mol. The van der Waals surface area contributed by atoms with Gasteiger partial charge in [0.1, 0.15) is 16.7 Å². The van der Waals surface area contributed by atoms with Crippen molar-refractivity contribution in [1.82, 2.24) is 9.97 Å². The van der Waals surface area contributed by atoms with E-state index in [9.17, 15) is 4.79 Å². The first-order valence-corrected chi connectivity index (χ1v) is 8.16. The average Bonchev–Trinajstić information content (AvgIpc) is 2.39. The third-order valence-corrected chi connectivity index (χ3v) is 3.77. The van der Waals surface area contributed by atoms with Crippen LogP contribution in [0.2, 0.25) is 0 Å². The van der Waals surface area contributed by atoms with Crippen molar-refractivity contribution in [3.8, 4) is 0 Å². The summed E-state index contributed by atoms with van der Waals surface area (Å²) >= 11 is 6.93. The predicted octanol–water partition coefficient (Wildman–Crippen LogP) is 1.89. The first kappa shape index (κ1) is 15.8. The average molecular weight is 327 g/mol. The molecule has 0 fully saturated rings. The molecule has 7 nitrogen and oxygen atoms in total. The van der Waals surface area contributed by atoms with Gasteiger partial charge in [-0.05, 0) is 20.1 Å². The lowest BCUT2D eigenvalue weighted by atomic mass is 10.2. The summed E-state index contributed by atoms with van der Waals surface area (Å²) in [6.07, 6.45) is 2.72. The van der Waals surface area contributed by atoms with Crippen LogP contribution in [0.25, 0.3) is 0 Å². The number of thioether (sulfide) groups is 1. The maximum Gasteiger partial charge on any atom is 0.416 e. The third-order valence-electron chi connectivity index (χ3n) is 2.75. The maximum atomic E-state index is 12.4. The van der Waals surface area contributed by atoms with Crippen molar-refractivity contribution in [2.75, 3.05) is 28.0 Å². The van der Waals surface area contributed by atoms with Crippen LogP contribution in [0.4, 0.5) is 22.2 Å². The van der Waals surface area contributed by atoms with Gasteiger partial charge in [0.2, 0.25) is 5.95 Å². The van der Waals surface area contributed by atoms with Crippen molar-refractivity contribution in [2.24, 2.45) is 0 Å². The lowest BCUT2D eigenvalue weighted by Crippen LogP contribution is -2.52. The van der Waals surface area contributed by atoms with E-state index in [0.29, 0.717) is 22.2 Å². The SMILES string of the molecule is CSCC1C(=S)Nc2cnc(N)nc2N1C(=O)OC(C)C. The van der Waals surface area contributed by atoms with Crippen LogP contribution in [-0.4, -0.2) is 45.2 Å². The van der Waals surface area contributed by atoms with E-state index in [1.54, 1.807) is 25.6 Å². The lowest BCUT2D eigenvalue weighted by molar-refractivity contribution is 0.122. The molecule has 2 heterocycles. The molecule has 1 amide bonds. The minimum absolute atomic E-state index is 0.0913. The van der Waals surface area contributed by atoms with Crippen molar-refractivity contribution in [3.63, 3.8) is 0 Å². The van der Waals surface area contributed by atoms with Crippen LogP contribution in [0.5, 0.6) is 0 Å². The lowest BCUT2D eigenvalue weighted by Gasteiger charge is -2.36. The molecule has 0 saturated heterocycles. The number of carbonyl (C=O) groups excluding carboxylic acids is 1. The molecule has 9 heteroatoms. The number of nitrogens with zero attached hydrogens (tertiary/aromatic N) is 3. The van der Waals surface area contributed by atoms with Gasteiger partial charge >= 0.3 is 6.09 Å². The Bertz CT molecular complexity index is 567. The molecule has 114 valence electrons. The quantitative estimate of drug-likeness (QED) is 0.813. The van der Waals surface area contributed by atoms with E-state index >= 15 is 0 Å². The second-order valence-electron chi connectivity index (χ2n) is 4.73. The first-order chi connectivity index (χ1) is 9.93. The Morgan fingerprint density at radius 3 is 3.00 bits per heavy atom. The van der Waals surface area contributed by atoms with Crippen molar-refractivity contribution in [1.29, 1.82) is 0 Å². The third kappa shape index (κ3) is 3.35. The Morgan fingerprint density at radius 2 is 2.38 bits per heavy atom. The predicted molar refractivity (Wildman–Crippen MR) is 88.9 cm³/mol. The van der Waals surface area contributed by atoms with Gasteiger partial charge in [-0.25, -0.2) is 14.7 Å². The fraction of sp³-hybridized carbons (Fsp3) is 0.500. The molecule has 1 aromatic heterocycles. The Hall–Kier alpha value is -1.61. The zero-order valence-electron chi connectivity index (χ0n) is 12.0. The van der Waals surface area contributed by atoms with Crippen LogP contribution >= 0.6 is 24.0 Å². The molecule has 0 saturated carbocycles. The number of nitrogens with two attached hydrogens (primary N) is 1. The standard InChI is InChI=1S/C12H17N5O2S2/c1-6(2)19-12(18)17-8(5-21-3)10(20)15-7-4-14-11(13)16-9(7)17/h4,6,8H,5H2,1-3H3,(H,15,20)(H2,13,14,16). The van der Waals surface area contributed by atoms with Crippen molar-refractivity contribution < 1.29 is 9.53 Å². The molecule has 0 aromatic carbocycles. The molecule has 1 aliphatic heterocycles. The number of hydrogen-bond acceptors (Lipinski definition) is 7. The summed E-state index contributed by atoms with van der Waals surface area (Å²) in [7, 11) is 0. The minimum atomic E-state index is -0.493. The molecule has 2 rings (SSSR count). The van der Waals surface area contributed by atoms with Crippen LogP contribution in [0, 0.1) is 0 Å². The number of rotatable bonds is 3. The van der Waals surface area contributed by atoms with Gasteiger partial charge in [-0.15, -0.1) is 0 Å². The summed E-state index contributed by atoms with van der Waals surface area (Å²) in [6.45, 7) is 3.58. The van der Waals surface area contributed by atoms with Crippen LogP contribution < -0.4 is 16.0 Å². The number of nitrogens with one attached hydrogen (secondary N) is 1. The van der Waals surface area contributed by atoms with Gasteiger partial charge in [0.25, 0.3) is 0 Å². The monoisotopic (exact) mass is 327 g/mol. The summed E-state index contributed by atoms with van der Waals surface area (Å²) in [5.74, 6) is 1.11. The molecule has 1 unspecified atom stereocenters. The Balaban J connectivity index is 2.45. The van der Waals surface area contributed by atoms with Crippen LogP contribution in [-0.2, 0) is 4.74 Å². The number of carbonyl (C=O) groups is 1. The molecular formula is C12H17N5O2S2. The van der Waals surface area contributed by atoms with Crippen LogP contribution in [0.3, 0.4) is 0 Å². The van der Waals surface area contributed by atoms with Gasteiger partial charge in [0.05, 0.1) is 12.3 Å². The summed E-state index contributed by atoms with van der Waals surface area (Å²) < 4.78 is 5.30. The van der Waals surface area contributed by atoms with Crippen LogP contribution in [0.15, 0.2) is 6.20 Å². The van der Waals surface area contributed by atoms with Gasteiger partial charge in [0.15, 0.2) is 5.82 Å². The summed E-state index contributed by atoms with van der Waals surface area (Å²) in [4.78, 5) is 22.5. The largest absolute Gasteiger partial charge is 0.446 e.